The van der Waals surface area contributed by atoms with Crippen LogP contribution in [-0.4, -0.2) is 25.9 Å². The lowest BCUT2D eigenvalue weighted by atomic mass is 10.2. The van der Waals surface area contributed by atoms with E-state index in [0.717, 1.165) is 17.5 Å². The summed E-state index contributed by atoms with van der Waals surface area (Å²) < 4.78 is 0.662. The number of aromatic nitrogens is 2. The Balaban J connectivity index is 2.40. The van der Waals surface area contributed by atoms with Crippen molar-refractivity contribution in [3.8, 4) is 0 Å². The Kier molecular flexibility index (Phi) is 4.15. The maximum Gasteiger partial charge on any atom is 0.302 e. The number of nitro groups is 1. The van der Waals surface area contributed by atoms with Crippen molar-refractivity contribution >= 4 is 34.6 Å². The molecule has 0 atom stereocenters. The van der Waals surface area contributed by atoms with Crippen LogP contribution in [0, 0.1) is 17.0 Å². The van der Waals surface area contributed by atoms with Crippen LogP contribution in [0.2, 0.25) is 0 Å². The van der Waals surface area contributed by atoms with Crippen LogP contribution >= 0.6 is 23.1 Å². The van der Waals surface area contributed by atoms with E-state index in [1.165, 1.54) is 23.6 Å². The lowest BCUT2D eigenvalue weighted by molar-refractivity contribution is -0.388. The fourth-order valence-electron chi connectivity index (χ4n) is 1.31. The smallest absolute Gasteiger partial charge is 0.302 e. The van der Waals surface area contributed by atoms with Gasteiger partial charge >= 0.3 is 5.69 Å². The molecule has 20 heavy (non-hydrogen) atoms. The maximum absolute atomic E-state index is 11.1. The molecule has 0 spiro atoms. The van der Waals surface area contributed by atoms with E-state index in [1.54, 1.807) is 0 Å². The van der Waals surface area contributed by atoms with Crippen LogP contribution in [0.3, 0.4) is 0 Å². The van der Waals surface area contributed by atoms with E-state index < -0.39 is 4.92 Å². The van der Waals surface area contributed by atoms with Gasteiger partial charge in [0.1, 0.15) is 0 Å². The number of nitrogens with zero attached hydrogens (tertiary/aromatic N) is 4. The van der Waals surface area contributed by atoms with Crippen molar-refractivity contribution < 1.29 is 10.1 Å². The third kappa shape index (κ3) is 3.03. The van der Waals surface area contributed by atoms with Gasteiger partial charge in [0.15, 0.2) is 15.2 Å². The second kappa shape index (κ2) is 5.84. The molecular formula is C10H9N5O3S2. The van der Waals surface area contributed by atoms with Gasteiger partial charge in [-0.3, -0.25) is 10.1 Å². The Bertz CT molecular complexity index is 685. The van der Waals surface area contributed by atoms with Crippen molar-refractivity contribution in [3.63, 3.8) is 0 Å². The van der Waals surface area contributed by atoms with Crippen LogP contribution in [0.5, 0.6) is 0 Å². The molecule has 0 bridgehead atoms. The quantitative estimate of drug-likeness (QED) is 0.290. The van der Waals surface area contributed by atoms with E-state index in [-0.39, 0.29) is 22.1 Å². The molecule has 0 radical (unpaired) electrons. The molecule has 0 aliphatic carbocycles. The SMILES string of the molecule is Cc1csc(Sc2ncc(C(N)=NO)cc2[N+](=O)[O-])n1. The Morgan fingerprint density at radius 2 is 2.40 bits per heavy atom. The minimum Gasteiger partial charge on any atom is -0.409 e. The molecule has 0 amide bonds. The summed E-state index contributed by atoms with van der Waals surface area (Å²) >= 11 is 2.48. The van der Waals surface area contributed by atoms with Crippen molar-refractivity contribution in [2.24, 2.45) is 10.9 Å². The topological polar surface area (TPSA) is 128 Å². The average molecular weight is 311 g/mol. The summed E-state index contributed by atoms with van der Waals surface area (Å²) in [5.74, 6) is -0.234. The molecular weight excluding hydrogens is 302 g/mol. The summed E-state index contributed by atoms with van der Waals surface area (Å²) in [7, 11) is 0. The Morgan fingerprint density at radius 3 is 2.95 bits per heavy atom. The predicted octanol–water partition coefficient (Wildman–Crippen LogP) is 2.00. The predicted molar refractivity (Wildman–Crippen MR) is 74.4 cm³/mol. The van der Waals surface area contributed by atoms with E-state index in [0.29, 0.717) is 4.34 Å². The van der Waals surface area contributed by atoms with Gasteiger partial charge in [-0.05, 0) is 18.7 Å². The number of rotatable bonds is 4. The minimum absolute atomic E-state index is 0.180. The van der Waals surface area contributed by atoms with Crippen LogP contribution in [0.25, 0.3) is 0 Å². The molecule has 0 fully saturated rings. The van der Waals surface area contributed by atoms with Crippen LogP contribution in [0.15, 0.2) is 32.2 Å². The molecule has 0 saturated carbocycles. The minimum atomic E-state index is -0.566. The van der Waals surface area contributed by atoms with Crippen molar-refractivity contribution in [2.75, 3.05) is 0 Å². The number of pyridine rings is 1. The Labute approximate surface area is 121 Å². The van der Waals surface area contributed by atoms with Gasteiger partial charge in [-0.25, -0.2) is 9.97 Å². The Morgan fingerprint density at radius 1 is 1.65 bits per heavy atom. The molecule has 2 aromatic rings. The Hall–Kier alpha value is -2.20. The fourth-order valence-corrected chi connectivity index (χ4v) is 3.10. The normalized spacial score (nSPS) is 11.6. The van der Waals surface area contributed by atoms with Gasteiger partial charge in [0.2, 0.25) is 0 Å². The molecule has 2 aromatic heterocycles. The third-order valence-electron chi connectivity index (χ3n) is 2.21. The molecule has 104 valence electrons. The van der Waals surface area contributed by atoms with Gasteiger partial charge in [0.05, 0.1) is 4.92 Å². The summed E-state index contributed by atoms with van der Waals surface area (Å²) in [4.78, 5) is 18.7. The highest BCUT2D eigenvalue weighted by Crippen LogP contribution is 2.34. The van der Waals surface area contributed by atoms with Crippen molar-refractivity contribution in [1.82, 2.24) is 9.97 Å². The molecule has 2 rings (SSSR count). The van der Waals surface area contributed by atoms with Crippen molar-refractivity contribution in [3.05, 3.63) is 39.0 Å². The van der Waals surface area contributed by atoms with Gasteiger partial charge in [0, 0.05) is 28.9 Å². The average Bonchev–Trinajstić information content (AvgIpc) is 2.83. The molecule has 8 nitrogen and oxygen atoms in total. The zero-order valence-corrected chi connectivity index (χ0v) is 11.8. The van der Waals surface area contributed by atoms with Crippen LogP contribution < -0.4 is 5.73 Å². The summed E-state index contributed by atoms with van der Waals surface area (Å²) in [6.07, 6.45) is 1.31. The van der Waals surface area contributed by atoms with Crippen molar-refractivity contribution in [2.45, 2.75) is 16.3 Å². The van der Waals surface area contributed by atoms with Gasteiger partial charge in [-0.2, -0.15) is 0 Å². The van der Waals surface area contributed by atoms with Gasteiger partial charge < -0.3 is 10.9 Å². The standard InChI is InChI=1S/C10H9N5O3S2/c1-5-4-19-10(13-5)20-9-7(15(17)18)2-6(3-12-9)8(11)14-16/h2-4,16H,1H3,(H2,11,14). The zero-order chi connectivity index (χ0) is 14.7. The second-order valence-corrected chi connectivity index (χ2v) is 5.74. The number of hydrogen-bond donors (Lipinski definition) is 2. The van der Waals surface area contributed by atoms with Gasteiger partial charge in [0.25, 0.3) is 0 Å². The first-order valence-electron chi connectivity index (χ1n) is 5.23. The molecule has 0 saturated heterocycles. The summed E-state index contributed by atoms with van der Waals surface area (Å²) in [6.45, 7) is 1.84. The second-order valence-electron chi connectivity index (χ2n) is 3.65. The van der Waals surface area contributed by atoms with Crippen molar-refractivity contribution in [1.29, 1.82) is 0 Å². The third-order valence-corrected chi connectivity index (χ3v) is 4.28. The van der Waals surface area contributed by atoms with Gasteiger partial charge in [-0.15, -0.1) is 11.3 Å². The molecule has 0 aliphatic rings. The summed E-state index contributed by atoms with van der Waals surface area (Å²) in [6, 6.07) is 1.21. The van der Waals surface area contributed by atoms with Crippen LogP contribution in [-0.2, 0) is 0 Å². The number of oxime groups is 1. The molecule has 2 heterocycles. The van der Waals surface area contributed by atoms with E-state index >= 15 is 0 Å². The number of nitrogens with two attached hydrogens (primary N) is 1. The first-order valence-corrected chi connectivity index (χ1v) is 6.93. The number of thiazole rings is 1. The summed E-state index contributed by atoms with van der Waals surface area (Å²) in [5.41, 5.74) is 6.19. The lowest BCUT2D eigenvalue weighted by Crippen LogP contribution is -2.14. The first kappa shape index (κ1) is 14.2. The fraction of sp³-hybridized carbons (Fsp3) is 0.100. The molecule has 0 aliphatic heterocycles. The number of hydrogen-bond acceptors (Lipinski definition) is 8. The molecule has 0 aromatic carbocycles. The highest BCUT2D eigenvalue weighted by atomic mass is 32.2. The van der Waals surface area contributed by atoms with Crippen LogP contribution in [0.4, 0.5) is 5.69 Å². The van der Waals surface area contributed by atoms with Crippen LogP contribution in [0.1, 0.15) is 11.3 Å². The largest absolute Gasteiger partial charge is 0.409 e. The number of amidine groups is 1. The zero-order valence-electron chi connectivity index (χ0n) is 10.2. The number of aryl methyl sites for hydroxylation is 1. The maximum atomic E-state index is 11.1. The molecule has 3 N–H and O–H groups in total. The van der Waals surface area contributed by atoms with E-state index in [1.807, 2.05) is 12.3 Å². The van der Waals surface area contributed by atoms with E-state index in [4.69, 9.17) is 10.9 Å². The molecule has 0 unspecified atom stereocenters. The first-order chi connectivity index (χ1) is 9.51. The highest BCUT2D eigenvalue weighted by Gasteiger charge is 2.19. The van der Waals surface area contributed by atoms with E-state index in [9.17, 15) is 10.1 Å². The lowest BCUT2D eigenvalue weighted by Gasteiger charge is -2.02. The highest BCUT2D eigenvalue weighted by molar-refractivity contribution is 8.01. The monoisotopic (exact) mass is 311 g/mol. The van der Waals surface area contributed by atoms with E-state index in [2.05, 4.69) is 15.1 Å². The molecule has 10 heteroatoms. The summed E-state index contributed by atoms with van der Waals surface area (Å²) in [5, 5.41) is 24.5. The van der Waals surface area contributed by atoms with Gasteiger partial charge in [-0.1, -0.05) is 5.16 Å².